The lowest BCUT2D eigenvalue weighted by molar-refractivity contribution is 0.182. The van der Waals surface area contributed by atoms with E-state index in [1.54, 1.807) is 13.4 Å². The molecule has 1 heterocycles. The second kappa shape index (κ2) is 8.39. The van der Waals surface area contributed by atoms with Crippen LogP contribution in [-0.2, 0) is 22.1 Å². The fourth-order valence-corrected chi connectivity index (χ4v) is 2.16. The molecule has 0 aromatic carbocycles. The molecule has 0 saturated heterocycles. The summed E-state index contributed by atoms with van der Waals surface area (Å²) in [4.78, 5) is 11.9. The highest BCUT2D eigenvalue weighted by molar-refractivity contribution is 7.84. The van der Waals surface area contributed by atoms with Gasteiger partial charge in [-0.05, 0) is 6.42 Å². The molecule has 8 heteroatoms. The van der Waals surface area contributed by atoms with Crippen LogP contribution in [0.4, 0.5) is 5.69 Å². The molecule has 1 N–H and O–H groups in total. The minimum Gasteiger partial charge on any atom is -0.383 e. The number of hydrogen-bond acceptors (Lipinski definition) is 5. The Morgan fingerprint density at radius 3 is 2.90 bits per heavy atom. The van der Waals surface area contributed by atoms with Crippen LogP contribution in [-0.4, -0.2) is 45.8 Å². The van der Waals surface area contributed by atoms with Crippen LogP contribution in [0.5, 0.6) is 0 Å². The van der Waals surface area contributed by atoms with Gasteiger partial charge in [-0.2, -0.15) is 5.10 Å². The topological polar surface area (TPSA) is 73.2 Å². The van der Waals surface area contributed by atoms with Gasteiger partial charge in [0.25, 0.3) is 5.56 Å². The van der Waals surface area contributed by atoms with Crippen LogP contribution >= 0.6 is 11.6 Å². The second-order valence-corrected chi connectivity index (χ2v) is 6.60. The lowest BCUT2D eigenvalue weighted by Gasteiger charge is -2.12. The zero-order valence-corrected chi connectivity index (χ0v) is 13.5. The summed E-state index contributed by atoms with van der Waals surface area (Å²) in [5.74, 6) is 0. The number of nitrogens with one attached hydrogen (secondary N) is 1. The smallest absolute Gasteiger partial charge is 0.287 e. The first-order chi connectivity index (χ1) is 9.47. The van der Waals surface area contributed by atoms with E-state index in [4.69, 9.17) is 16.3 Å². The largest absolute Gasteiger partial charge is 0.383 e. The Hall–Kier alpha value is -0.920. The molecule has 0 spiro atoms. The molecule has 0 radical (unpaired) electrons. The summed E-state index contributed by atoms with van der Waals surface area (Å²) in [6.45, 7) is 3.26. The van der Waals surface area contributed by atoms with Crippen molar-refractivity contribution in [1.82, 2.24) is 9.78 Å². The summed E-state index contributed by atoms with van der Waals surface area (Å²) in [6.07, 6.45) is 3.93. The highest BCUT2D eigenvalue weighted by atomic mass is 35.5. The summed E-state index contributed by atoms with van der Waals surface area (Å²) in [5, 5.41) is 7.28. The first kappa shape index (κ1) is 17.1. The molecule has 0 fully saturated rings. The van der Waals surface area contributed by atoms with Crippen LogP contribution in [0.3, 0.4) is 0 Å². The third kappa shape index (κ3) is 4.88. The van der Waals surface area contributed by atoms with E-state index >= 15 is 0 Å². The van der Waals surface area contributed by atoms with Gasteiger partial charge in [0.05, 0.1) is 25.0 Å². The maximum absolute atomic E-state index is 11.9. The molecule has 0 saturated carbocycles. The van der Waals surface area contributed by atoms with E-state index in [0.717, 1.165) is 6.42 Å². The molecule has 114 valence electrons. The first-order valence-corrected chi connectivity index (χ1v) is 8.28. The van der Waals surface area contributed by atoms with Crippen LogP contribution < -0.4 is 10.9 Å². The Bertz CT molecular complexity index is 521. The van der Waals surface area contributed by atoms with Crippen molar-refractivity contribution in [3.63, 3.8) is 0 Å². The summed E-state index contributed by atoms with van der Waals surface area (Å²) in [6, 6.07) is 0. The lowest BCUT2D eigenvalue weighted by Crippen LogP contribution is -2.26. The summed E-state index contributed by atoms with van der Waals surface area (Å²) < 4.78 is 17.4. The fourth-order valence-electron chi connectivity index (χ4n) is 1.50. The van der Waals surface area contributed by atoms with E-state index < -0.39 is 10.8 Å². The summed E-state index contributed by atoms with van der Waals surface area (Å²) in [7, 11) is 0.703. The Kier molecular flexibility index (Phi) is 7.18. The number of ether oxygens (including phenoxy) is 1. The monoisotopic (exact) mass is 321 g/mol. The van der Waals surface area contributed by atoms with Gasteiger partial charge in [0.1, 0.15) is 5.02 Å². The SMILES string of the molecule is COCCn1ncc(NCCC(C)S(C)=O)c(Cl)c1=O. The minimum absolute atomic E-state index is 0.0938. The minimum atomic E-state index is -0.854. The van der Waals surface area contributed by atoms with Gasteiger partial charge in [-0.15, -0.1) is 0 Å². The van der Waals surface area contributed by atoms with Gasteiger partial charge in [0.2, 0.25) is 0 Å². The van der Waals surface area contributed by atoms with E-state index in [1.807, 2.05) is 6.92 Å². The molecule has 2 unspecified atom stereocenters. The predicted octanol–water partition coefficient (Wildman–Crippen LogP) is 1.11. The standard InChI is InChI=1S/C12H20ClN3O3S/c1-9(20(3)18)4-5-14-10-8-15-16(6-7-19-2)12(17)11(10)13/h8-9,14H,4-7H2,1-3H3. The van der Waals surface area contributed by atoms with Crippen LogP contribution in [0, 0.1) is 0 Å². The van der Waals surface area contributed by atoms with E-state index in [9.17, 15) is 9.00 Å². The van der Waals surface area contributed by atoms with Gasteiger partial charge >= 0.3 is 0 Å². The van der Waals surface area contributed by atoms with Crippen molar-refractivity contribution >= 4 is 28.1 Å². The number of hydrogen-bond donors (Lipinski definition) is 1. The van der Waals surface area contributed by atoms with Crippen molar-refractivity contribution in [3.05, 3.63) is 21.6 Å². The van der Waals surface area contributed by atoms with Crippen molar-refractivity contribution in [2.45, 2.75) is 25.1 Å². The lowest BCUT2D eigenvalue weighted by atomic mass is 10.3. The molecule has 20 heavy (non-hydrogen) atoms. The number of anilines is 1. The average Bonchev–Trinajstić information content (AvgIpc) is 2.42. The molecule has 0 bridgehead atoms. The maximum Gasteiger partial charge on any atom is 0.287 e. The van der Waals surface area contributed by atoms with E-state index in [2.05, 4.69) is 10.4 Å². The Morgan fingerprint density at radius 2 is 2.30 bits per heavy atom. The van der Waals surface area contributed by atoms with E-state index in [-0.39, 0.29) is 15.8 Å². The Balaban J connectivity index is 2.66. The molecule has 0 aliphatic rings. The van der Waals surface area contributed by atoms with Gasteiger partial charge in [0.15, 0.2) is 0 Å². The molecule has 0 amide bonds. The molecule has 0 aliphatic heterocycles. The highest BCUT2D eigenvalue weighted by Gasteiger charge is 2.10. The van der Waals surface area contributed by atoms with Crippen LogP contribution in [0.25, 0.3) is 0 Å². The van der Waals surface area contributed by atoms with Gasteiger partial charge in [-0.3, -0.25) is 9.00 Å². The first-order valence-electron chi connectivity index (χ1n) is 6.28. The molecule has 1 aromatic heterocycles. The molecular formula is C12H20ClN3O3S. The second-order valence-electron chi connectivity index (χ2n) is 4.42. The van der Waals surface area contributed by atoms with Gasteiger partial charge in [-0.25, -0.2) is 4.68 Å². The molecule has 2 atom stereocenters. The Labute approximate surface area is 125 Å². The van der Waals surface area contributed by atoms with E-state index in [0.29, 0.717) is 25.4 Å². The number of aromatic nitrogens is 2. The molecule has 1 aromatic rings. The van der Waals surface area contributed by atoms with Crippen LogP contribution in [0.15, 0.2) is 11.0 Å². The molecular weight excluding hydrogens is 302 g/mol. The molecule has 0 aliphatic carbocycles. The zero-order valence-electron chi connectivity index (χ0n) is 11.9. The van der Waals surface area contributed by atoms with Gasteiger partial charge in [-0.1, -0.05) is 18.5 Å². The van der Waals surface area contributed by atoms with Crippen molar-refractivity contribution in [3.8, 4) is 0 Å². The quantitative estimate of drug-likeness (QED) is 0.776. The normalized spacial score (nSPS) is 14.0. The highest BCUT2D eigenvalue weighted by Crippen LogP contribution is 2.15. The van der Waals surface area contributed by atoms with Crippen LogP contribution in [0.1, 0.15) is 13.3 Å². The van der Waals surface area contributed by atoms with Gasteiger partial charge < -0.3 is 10.1 Å². The van der Waals surface area contributed by atoms with Gasteiger partial charge in [0, 0.05) is 36.0 Å². The maximum atomic E-state index is 11.9. The van der Waals surface area contributed by atoms with Crippen LogP contribution in [0.2, 0.25) is 5.02 Å². The number of rotatable bonds is 8. The van der Waals surface area contributed by atoms with Crippen molar-refractivity contribution in [2.24, 2.45) is 0 Å². The zero-order chi connectivity index (χ0) is 15.1. The summed E-state index contributed by atoms with van der Waals surface area (Å²) in [5.41, 5.74) is 0.153. The van der Waals surface area contributed by atoms with Crippen molar-refractivity contribution in [1.29, 1.82) is 0 Å². The number of methoxy groups -OCH3 is 1. The number of nitrogens with zero attached hydrogens (tertiary/aromatic N) is 2. The third-order valence-electron chi connectivity index (χ3n) is 2.93. The van der Waals surface area contributed by atoms with E-state index in [1.165, 1.54) is 10.9 Å². The van der Waals surface area contributed by atoms with Crippen molar-refractivity contribution < 1.29 is 8.95 Å². The summed E-state index contributed by atoms with van der Waals surface area (Å²) >= 11 is 6.02. The molecule has 6 nitrogen and oxygen atoms in total. The Morgan fingerprint density at radius 1 is 1.60 bits per heavy atom. The average molecular weight is 322 g/mol. The third-order valence-corrected chi connectivity index (χ3v) is 4.66. The number of halogens is 1. The fraction of sp³-hybridized carbons (Fsp3) is 0.667. The predicted molar refractivity (Wildman–Crippen MR) is 82.0 cm³/mol. The molecule has 1 rings (SSSR count). The van der Waals surface area contributed by atoms with Crippen molar-refractivity contribution in [2.75, 3.05) is 31.8 Å².